The van der Waals surface area contributed by atoms with E-state index in [0.29, 0.717) is 24.2 Å². The Morgan fingerprint density at radius 1 is 1.00 bits per heavy atom. The average molecular weight is 502 g/mol. The maximum Gasteiger partial charge on any atom is 0.490 e. The number of fused-ring (bicyclic) bond motifs is 2. The number of carboxylic acids is 1. The van der Waals surface area contributed by atoms with E-state index in [1.165, 1.54) is 5.56 Å². The van der Waals surface area contributed by atoms with E-state index in [2.05, 4.69) is 31.5 Å². The van der Waals surface area contributed by atoms with Gasteiger partial charge in [-0.2, -0.15) is 13.2 Å². The lowest BCUT2D eigenvalue weighted by Gasteiger charge is -2.25. The third kappa shape index (κ3) is 6.25. The van der Waals surface area contributed by atoms with Crippen molar-refractivity contribution < 1.29 is 27.9 Å². The van der Waals surface area contributed by atoms with Gasteiger partial charge >= 0.3 is 12.1 Å². The number of amides is 1. The summed E-state index contributed by atoms with van der Waals surface area (Å²) in [4.78, 5) is 28.3. The Bertz CT molecular complexity index is 1190. The van der Waals surface area contributed by atoms with Crippen LogP contribution in [0.1, 0.15) is 27.6 Å². The average Bonchev–Trinajstić information content (AvgIpc) is 3.44. The van der Waals surface area contributed by atoms with Crippen LogP contribution in [0.5, 0.6) is 0 Å². The number of nitrogens with one attached hydrogen (secondary N) is 1. The molecule has 36 heavy (non-hydrogen) atoms. The standard InChI is InChI=1S/C22H24N6O.C2HF3O2/c29-22(24-11-16-5-2-1-3-6-16)21-26-25-20-9-18-13-27(14-19(18)15-28(20)21)12-17-7-4-8-23-10-17;3-2(4,5)1(6)7/h1-8,10,18-19H,9,11-15H2,(H,24,29);(H,6,7). The first-order chi connectivity index (χ1) is 17.2. The maximum atomic E-state index is 12.7. The maximum absolute atomic E-state index is 12.7. The molecule has 2 aromatic heterocycles. The molecule has 12 heteroatoms. The van der Waals surface area contributed by atoms with Crippen molar-refractivity contribution in [1.82, 2.24) is 30.0 Å². The van der Waals surface area contributed by atoms with Gasteiger partial charge in [0.05, 0.1) is 0 Å². The Labute approximate surface area is 205 Å². The molecule has 1 fully saturated rings. The molecule has 4 heterocycles. The zero-order valence-corrected chi connectivity index (χ0v) is 19.2. The smallest absolute Gasteiger partial charge is 0.475 e. The molecule has 1 amide bonds. The lowest BCUT2D eigenvalue weighted by molar-refractivity contribution is -0.192. The number of likely N-dealkylation sites (tertiary alicyclic amines) is 1. The number of aliphatic carboxylic acids is 1. The van der Waals surface area contributed by atoms with Gasteiger partial charge in [0.1, 0.15) is 5.82 Å². The number of pyridine rings is 1. The highest BCUT2D eigenvalue weighted by atomic mass is 19.4. The minimum absolute atomic E-state index is 0.156. The van der Waals surface area contributed by atoms with Crippen LogP contribution >= 0.6 is 0 Å². The van der Waals surface area contributed by atoms with Gasteiger partial charge in [0.2, 0.25) is 5.82 Å². The summed E-state index contributed by atoms with van der Waals surface area (Å²) in [6.07, 6.45) is -0.455. The van der Waals surface area contributed by atoms with E-state index in [1.807, 2.05) is 53.4 Å². The second kappa shape index (κ2) is 10.9. The molecule has 2 aliphatic heterocycles. The van der Waals surface area contributed by atoms with Crippen LogP contribution in [0.2, 0.25) is 0 Å². The van der Waals surface area contributed by atoms with Crippen molar-refractivity contribution in [3.8, 4) is 0 Å². The zero-order valence-electron chi connectivity index (χ0n) is 19.2. The molecule has 2 unspecified atom stereocenters. The Balaban J connectivity index is 0.000000384. The van der Waals surface area contributed by atoms with Crippen molar-refractivity contribution in [1.29, 1.82) is 0 Å². The molecule has 1 saturated heterocycles. The first-order valence-electron chi connectivity index (χ1n) is 11.4. The molecular formula is C24H25F3N6O3. The van der Waals surface area contributed by atoms with Gasteiger partial charge < -0.3 is 15.0 Å². The topological polar surface area (TPSA) is 113 Å². The normalized spacial score (nSPS) is 19.0. The number of carboxylic acid groups (broad SMARTS) is 1. The first-order valence-corrected chi connectivity index (χ1v) is 11.4. The Morgan fingerprint density at radius 3 is 2.36 bits per heavy atom. The lowest BCUT2D eigenvalue weighted by atomic mass is 9.89. The Kier molecular flexibility index (Phi) is 7.63. The molecule has 3 aromatic rings. The fourth-order valence-corrected chi connectivity index (χ4v) is 4.53. The Morgan fingerprint density at radius 2 is 1.69 bits per heavy atom. The number of benzene rings is 1. The number of aromatic nitrogens is 4. The van der Waals surface area contributed by atoms with Crippen molar-refractivity contribution in [2.24, 2.45) is 11.8 Å². The number of halogens is 3. The van der Waals surface area contributed by atoms with E-state index in [0.717, 1.165) is 44.0 Å². The quantitative estimate of drug-likeness (QED) is 0.551. The fraction of sp³-hybridized carbons (Fsp3) is 0.375. The number of carbonyl (C=O) groups excluding carboxylic acids is 1. The highest BCUT2D eigenvalue weighted by Crippen LogP contribution is 2.33. The van der Waals surface area contributed by atoms with Crippen LogP contribution in [0, 0.1) is 11.8 Å². The van der Waals surface area contributed by atoms with Crippen molar-refractivity contribution >= 4 is 11.9 Å². The number of nitrogens with zero attached hydrogens (tertiary/aromatic N) is 5. The summed E-state index contributed by atoms with van der Waals surface area (Å²) in [5.74, 6) is -0.456. The number of carbonyl (C=O) groups is 2. The third-order valence-electron chi connectivity index (χ3n) is 6.21. The summed E-state index contributed by atoms with van der Waals surface area (Å²) in [6, 6.07) is 14.0. The van der Waals surface area contributed by atoms with Gasteiger partial charge in [0.15, 0.2) is 0 Å². The van der Waals surface area contributed by atoms with Crippen molar-refractivity contribution in [2.75, 3.05) is 13.1 Å². The first kappa shape index (κ1) is 25.3. The van der Waals surface area contributed by atoms with E-state index in [-0.39, 0.29) is 5.91 Å². The molecule has 2 atom stereocenters. The second-order valence-corrected chi connectivity index (χ2v) is 8.80. The van der Waals surface area contributed by atoms with Gasteiger partial charge in [-0.1, -0.05) is 36.4 Å². The summed E-state index contributed by atoms with van der Waals surface area (Å²) in [5, 5.41) is 18.6. The number of hydrogen-bond acceptors (Lipinski definition) is 6. The molecule has 5 rings (SSSR count). The largest absolute Gasteiger partial charge is 0.490 e. The Hall–Kier alpha value is -3.80. The fourth-order valence-electron chi connectivity index (χ4n) is 4.53. The molecule has 0 spiro atoms. The van der Waals surface area contributed by atoms with Crippen LogP contribution in [-0.2, 0) is 30.8 Å². The highest BCUT2D eigenvalue weighted by molar-refractivity contribution is 5.90. The summed E-state index contributed by atoms with van der Waals surface area (Å²) >= 11 is 0. The minimum atomic E-state index is -5.08. The van der Waals surface area contributed by atoms with E-state index >= 15 is 0 Å². The van der Waals surface area contributed by atoms with E-state index in [9.17, 15) is 18.0 Å². The SMILES string of the molecule is O=C(NCc1ccccc1)c1nnc2n1CC1CN(Cc3cccnc3)CC1C2.O=C(O)C(F)(F)F. The highest BCUT2D eigenvalue weighted by Gasteiger charge is 2.39. The summed E-state index contributed by atoms with van der Waals surface area (Å²) < 4.78 is 33.8. The molecule has 1 aromatic carbocycles. The number of hydrogen-bond donors (Lipinski definition) is 2. The van der Waals surface area contributed by atoms with Gasteiger partial charge in [0.25, 0.3) is 5.91 Å². The molecule has 2 aliphatic rings. The predicted octanol–water partition coefficient (Wildman–Crippen LogP) is 2.54. The van der Waals surface area contributed by atoms with Gasteiger partial charge in [-0.3, -0.25) is 14.7 Å². The third-order valence-corrected chi connectivity index (χ3v) is 6.21. The van der Waals surface area contributed by atoms with Crippen molar-refractivity contribution in [2.45, 2.75) is 32.2 Å². The number of alkyl halides is 3. The second-order valence-electron chi connectivity index (χ2n) is 8.80. The van der Waals surface area contributed by atoms with Crippen LogP contribution in [0.4, 0.5) is 13.2 Å². The molecule has 0 aliphatic carbocycles. The number of rotatable bonds is 5. The summed E-state index contributed by atoms with van der Waals surface area (Å²) in [5.41, 5.74) is 2.31. The van der Waals surface area contributed by atoms with E-state index in [4.69, 9.17) is 9.90 Å². The van der Waals surface area contributed by atoms with Crippen molar-refractivity contribution in [3.63, 3.8) is 0 Å². The minimum Gasteiger partial charge on any atom is -0.475 e. The van der Waals surface area contributed by atoms with Gasteiger partial charge in [-0.25, -0.2) is 4.79 Å². The van der Waals surface area contributed by atoms with Gasteiger partial charge in [-0.05, 0) is 29.0 Å². The van der Waals surface area contributed by atoms with Crippen LogP contribution in [0.3, 0.4) is 0 Å². The van der Waals surface area contributed by atoms with Crippen molar-refractivity contribution in [3.05, 3.63) is 77.6 Å². The molecule has 2 N–H and O–H groups in total. The molecular weight excluding hydrogens is 477 g/mol. The van der Waals surface area contributed by atoms with E-state index in [1.54, 1.807) is 0 Å². The van der Waals surface area contributed by atoms with Crippen LogP contribution < -0.4 is 5.32 Å². The monoisotopic (exact) mass is 502 g/mol. The van der Waals surface area contributed by atoms with Crippen LogP contribution in [0.15, 0.2) is 54.9 Å². The van der Waals surface area contributed by atoms with E-state index < -0.39 is 12.1 Å². The summed E-state index contributed by atoms with van der Waals surface area (Å²) in [7, 11) is 0. The lowest BCUT2D eigenvalue weighted by Crippen LogP contribution is -2.32. The summed E-state index contributed by atoms with van der Waals surface area (Å²) in [6.45, 7) is 4.31. The molecule has 9 nitrogen and oxygen atoms in total. The molecule has 0 bridgehead atoms. The van der Waals surface area contributed by atoms with Gasteiger partial charge in [-0.15, -0.1) is 10.2 Å². The molecule has 190 valence electrons. The van der Waals surface area contributed by atoms with Gasteiger partial charge in [0, 0.05) is 51.5 Å². The molecule has 0 saturated carbocycles. The van der Waals surface area contributed by atoms with Crippen LogP contribution in [0.25, 0.3) is 0 Å². The zero-order chi connectivity index (χ0) is 25.7. The van der Waals surface area contributed by atoms with Crippen LogP contribution in [-0.4, -0.2) is 60.9 Å². The molecule has 0 radical (unpaired) electrons. The predicted molar refractivity (Wildman–Crippen MR) is 122 cm³/mol.